The molecule has 1 aromatic rings. The van der Waals surface area contributed by atoms with E-state index >= 15 is 0 Å². The first kappa shape index (κ1) is 21.6. The molecule has 1 aromatic carbocycles. The lowest BCUT2D eigenvalue weighted by atomic mass is 10.2. The minimum Gasteiger partial charge on any atom is -0.461 e. The molecule has 4 nitrogen and oxygen atoms in total. The standard InChI is InChI=1S/C22H32O4Si/c1-6-10-20-13-14-21(26-27(25-20,17(2)3)18(4)5)15-22(23)24-16-19-11-8-7-9-12-19/h6-14,17-18,20-21H,15-16H2,1-5H3/b10-6+/t20-,21-/m1/s1. The van der Waals surface area contributed by atoms with E-state index in [1.165, 1.54) is 0 Å². The summed E-state index contributed by atoms with van der Waals surface area (Å²) in [5, 5.41) is 0. The Hall–Kier alpha value is -1.69. The Morgan fingerprint density at radius 2 is 1.78 bits per heavy atom. The Morgan fingerprint density at radius 3 is 2.37 bits per heavy atom. The van der Waals surface area contributed by atoms with Gasteiger partial charge in [0.2, 0.25) is 0 Å². The Morgan fingerprint density at radius 1 is 1.11 bits per heavy atom. The van der Waals surface area contributed by atoms with Gasteiger partial charge in [-0.1, -0.05) is 82.3 Å². The van der Waals surface area contributed by atoms with E-state index in [0.29, 0.717) is 0 Å². The second-order valence-electron chi connectivity index (χ2n) is 7.53. The predicted octanol–water partition coefficient (Wildman–Crippen LogP) is 5.30. The van der Waals surface area contributed by atoms with Gasteiger partial charge >= 0.3 is 14.5 Å². The fraction of sp³-hybridized carbons (Fsp3) is 0.500. The van der Waals surface area contributed by atoms with Gasteiger partial charge in [-0.15, -0.1) is 0 Å². The molecule has 2 rings (SSSR count). The molecule has 0 saturated carbocycles. The Bertz CT molecular complexity index is 644. The molecule has 0 radical (unpaired) electrons. The van der Waals surface area contributed by atoms with E-state index in [-0.39, 0.29) is 42.3 Å². The van der Waals surface area contributed by atoms with Crippen LogP contribution in [0.1, 0.15) is 46.6 Å². The van der Waals surface area contributed by atoms with Gasteiger partial charge in [-0.25, -0.2) is 0 Å². The monoisotopic (exact) mass is 388 g/mol. The zero-order chi connectivity index (χ0) is 19.9. The van der Waals surface area contributed by atoms with Crippen LogP contribution in [-0.4, -0.2) is 26.7 Å². The van der Waals surface area contributed by atoms with Gasteiger partial charge in [0.05, 0.1) is 18.6 Å². The predicted molar refractivity (Wildman–Crippen MR) is 111 cm³/mol. The summed E-state index contributed by atoms with van der Waals surface area (Å²) in [5.41, 5.74) is 1.52. The molecule has 2 atom stereocenters. The van der Waals surface area contributed by atoms with Crippen molar-refractivity contribution in [1.82, 2.24) is 0 Å². The van der Waals surface area contributed by atoms with E-state index in [1.807, 2.05) is 61.6 Å². The summed E-state index contributed by atoms with van der Waals surface area (Å²) >= 11 is 0. The number of rotatable bonds is 7. The van der Waals surface area contributed by atoms with Gasteiger partial charge in [0, 0.05) is 0 Å². The van der Waals surface area contributed by atoms with Crippen LogP contribution in [0.15, 0.2) is 54.6 Å². The zero-order valence-electron chi connectivity index (χ0n) is 17.1. The molecular weight excluding hydrogens is 356 g/mol. The maximum absolute atomic E-state index is 12.4. The molecule has 0 N–H and O–H groups in total. The third-order valence-corrected chi connectivity index (χ3v) is 9.30. The highest BCUT2D eigenvalue weighted by atomic mass is 28.4. The van der Waals surface area contributed by atoms with Crippen molar-refractivity contribution in [3.8, 4) is 0 Å². The zero-order valence-corrected chi connectivity index (χ0v) is 18.1. The lowest BCUT2D eigenvalue weighted by molar-refractivity contribution is -0.146. The van der Waals surface area contributed by atoms with Crippen LogP contribution in [0, 0.1) is 0 Å². The van der Waals surface area contributed by atoms with Crippen molar-refractivity contribution < 1.29 is 18.4 Å². The van der Waals surface area contributed by atoms with Gasteiger partial charge in [-0.2, -0.15) is 0 Å². The summed E-state index contributed by atoms with van der Waals surface area (Å²) in [6, 6.07) is 9.70. The Labute approximate surface area is 164 Å². The number of allylic oxidation sites excluding steroid dienone is 1. The Balaban J connectivity index is 2.09. The third kappa shape index (κ3) is 5.89. The molecule has 0 amide bonds. The van der Waals surface area contributed by atoms with Gasteiger partial charge in [-0.05, 0) is 23.6 Å². The van der Waals surface area contributed by atoms with Crippen LogP contribution in [0.2, 0.25) is 11.1 Å². The average molecular weight is 389 g/mol. The largest absolute Gasteiger partial charge is 0.461 e. The summed E-state index contributed by atoms with van der Waals surface area (Å²) in [7, 11) is -2.53. The minimum absolute atomic E-state index is 0.114. The summed E-state index contributed by atoms with van der Waals surface area (Å²) < 4.78 is 18.5. The Kier molecular flexibility index (Phi) is 8.02. The molecular formula is C22H32O4Si. The van der Waals surface area contributed by atoms with Crippen LogP contribution in [0.4, 0.5) is 0 Å². The van der Waals surface area contributed by atoms with Crippen molar-refractivity contribution >= 4 is 14.5 Å². The van der Waals surface area contributed by atoms with E-state index < -0.39 is 8.56 Å². The molecule has 0 saturated heterocycles. The number of benzene rings is 1. The molecule has 1 aliphatic rings. The van der Waals surface area contributed by atoms with Crippen molar-refractivity contribution in [3.63, 3.8) is 0 Å². The number of carbonyl (C=O) groups excluding carboxylic acids is 1. The van der Waals surface area contributed by atoms with Gasteiger partial charge in [-0.3, -0.25) is 4.79 Å². The SMILES string of the molecule is C/C=C/[C@@H]1C=C[C@H](CC(=O)OCc2ccccc2)O[Si](C(C)C)(C(C)C)O1. The summed E-state index contributed by atoms with van der Waals surface area (Å²) in [5.74, 6) is -0.256. The first-order valence-electron chi connectivity index (χ1n) is 9.73. The molecule has 5 heteroatoms. The molecule has 148 valence electrons. The molecule has 0 spiro atoms. The average Bonchev–Trinajstić information content (AvgIpc) is 2.82. The van der Waals surface area contributed by atoms with Gasteiger partial charge in [0.25, 0.3) is 0 Å². The van der Waals surface area contributed by atoms with Crippen LogP contribution in [0.25, 0.3) is 0 Å². The summed E-state index contributed by atoms with van der Waals surface area (Å²) in [6.45, 7) is 10.9. The van der Waals surface area contributed by atoms with Gasteiger partial charge in [0.1, 0.15) is 6.61 Å². The summed E-state index contributed by atoms with van der Waals surface area (Å²) in [6.07, 6.45) is 7.73. The van der Waals surface area contributed by atoms with E-state index in [2.05, 4.69) is 27.7 Å². The first-order chi connectivity index (χ1) is 12.9. The fourth-order valence-electron chi connectivity index (χ4n) is 3.36. The normalized spacial score (nSPS) is 22.3. The second-order valence-corrected chi connectivity index (χ2v) is 11.8. The maximum Gasteiger partial charge on any atom is 0.344 e. The molecule has 1 aliphatic heterocycles. The van der Waals surface area contributed by atoms with Gasteiger partial charge in [0.15, 0.2) is 0 Å². The quantitative estimate of drug-likeness (QED) is 0.361. The lowest BCUT2D eigenvalue weighted by Gasteiger charge is -2.39. The first-order valence-corrected chi connectivity index (χ1v) is 11.7. The highest BCUT2D eigenvalue weighted by Crippen LogP contribution is 2.38. The van der Waals surface area contributed by atoms with Crippen LogP contribution >= 0.6 is 0 Å². The number of carbonyl (C=O) groups is 1. The van der Waals surface area contributed by atoms with Crippen molar-refractivity contribution in [2.75, 3.05) is 0 Å². The molecule has 0 fully saturated rings. The lowest BCUT2D eigenvalue weighted by Crippen LogP contribution is -2.51. The number of hydrogen-bond acceptors (Lipinski definition) is 4. The maximum atomic E-state index is 12.4. The summed E-state index contributed by atoms with van der Waals surface area (Å²) in [4.78, 5) is 12.4. The second kappa shape index (κ2) is 10.0. The molecule has 27 heavy (non-hydrogen) atoms. The smallest absolute Gasteiger partial charge is 0.344 e. The van der Waals surface area contributed by atoms with Crippen LogP contribution in [-0.2, 0) is 25.0 Å². The molecule has 0 aliphatic carbocycles. The van der Waals surface area contributed by atoms with Crippen molar-refractivity contribution in [1.29, 1.82) is 0 Å². The van der Waals surface area contributed by atoms with E-state index in [0.717, 1.165) is 5.56 Å². The van der Waals surface area contributed by atoms with E-state index in [9.17, 15) is 4.79 Å². The van der Waals surface area contributed by atoms with Crippen LogP contribution < -0.4 is 0 Å². The highest BCUT2D eigenvalue weighted by Gasteiger charge is 2.48. The molecule has 0 unspecified atom stereocenters. The number of esters is 1. The van der Waals surface area contributed by atoms with Gasteiger partial charge < -0.3 is 13.6 Å². The fourth-order valence-corrected chi connectivity index (χ4v) is 7.06. The number of hydrogen-bond donors (Lipinski definition) is 0. The molecule has 1 heterocycles. The number of ether oxygens (including phenoxy) is 1. The third-order valence-electron chi connectivity index (χ3n) is 4.77. The van der Waals surface area contributed by atoms with Crippen molar-refractivity contribution in [2.45, 2.75) is 70.9 Å². The molecule has 0 bridgehead atoms. The van der Waals surface area contributed by atoms with Crippen LogP contribution in [0.3, 0.4) is 0 Å². The van der Waals surface area contributed by atoms with E-state index in [1.54, 1.807) is 0 Å². The highest BCUT2D eigenvalue weighted by molar-refractivity contribution is 6.70. The minimum atomic E-state index is -2.53. The van der Waals surface area contributed by atoms with Crippen molar-refractivity contribution in [3.05, 3.63) is 60.2 Å². The van der Waals surface area contributed by atoms with Crippen LogP contribution in [0.5, 0.6) is 0 Å². The molecule has 0 aromatic heterocycles. The van der Waals surface area contributed by atoms with E-state index in [4.69, 9.17) is 13.6 Å². The topological polar surface area (TPSA) is 44.8 Å². The van der Waals surface area contributed by atoms with Crippen molar-refractivity contribution in [2.24, 2.45) is 0 Å².